The molecular formula is C23H28Cl2N2O2S. The van der Waals surface area contributed by atoms with Gasteiger partial charge in [-0.1, -0.05) is 23.2 Å². The molecule has 0 atom stereocenters. The van der Waals surface area contributed by atoms with Crippen molar-refractivity contribution < 1.29 is 9.90 Å². The number of aliphatic hydroxyl groups is 1. The summed E-state index contributed by atoms with van der Waals surface area (Å²) in [4.78, 5) is 11.7. The molecule has 2 aromatic carbocycles. The van der Waals surface area contributed by atoms with Gasteiger partial charge in [-0.3, -0.25) is 9.52 Å². The topological polar surface area (TPSA) is 61.4 Å². The molecule has 0 aromatic heterocycles. The molecular weight excluding hydrogens is 439 g/mol. The largest absolute Gasteiger partial charge is 0.386 e. The number of rotatable bonds is 5. The molecule has 4 nitrogen and oxygen atoms in total. The maximum Gasteiger partial charge on any atom is 0.211 e. The van der Waals surface area contributed by atoms with Crippen molar-refractivity contribution in [3.05, 3.63) is 56.1 Å². The van der Waals surface area contributed by atoms with E-state index in [2.05, 4.69) is 10.0 Å². The molecule has 0 spiro atoms. The van der Waals surface area contributed by atoms with Crippen LogP contribution in [0.25, 0.3) is 0 Å². The Balaban J connectivity index is 0.000000173. The van der Waals surface area contributed by atoms with Crippen molar-refractivity contribution in [3.63, 3.8) is 0 Å². The molecule has 1 amide bonds. The number of hydrogen-bond donors (Lipinski definition) is 3. The van der Waals surface area contributed by atoms with Crippen molar-refractivity contribution in [2.24, 2.45) is 0 Å². The summed E-state index contributed by atoms with van der Waals surface area (Å²) in [5, 5.41) is 14.3. The maximum atomic E-state index is 10.7. The first-order chi connectivity index (χ1) is 14.3. The van der Waals surface area contributed by atoms with Gasteiger partial charge in [-0.2, -0.15) is 0 Å². The van der Waals surface area contributed by atoms with E-state index in [0.717, 1.165) is 66.1 Å². The van der Waals surface area contributed by atoms with Crippen molar-refractivity contribution >= 4 is 47.2 Å². The second-order valence-corrected chi connectivity index (χ2v) is 10.0. The fourth-order valence-corrected chi connectivity index (χ4v) is 5.54. The maximum absolute atomic E-state index is 10.7. The molecule has 0 saturated carbocycles. The van der Waals surface area contributed by atoms with Crippen LogP contribution >= 0.6 is 35.1 Å². The lowest BCUT2D eigenvalue weighted by Crippen LogP contribution is -2.15. The number of nitrogens with one attached hydrogen (secondary N) is 2. The van der Waals surface area contributed by atoms with Crippen LogP contribution in [0.1, 0.15) is 54.5 Å². The molecule has 2 aliphatic rings. The van der Waals surface area contributed by atoms with Gasteiger partial charge in [0, 0.05) is 20.6 Å². The zero-order valence-electron chi connectivity index (χ0n) is 17.6. The number of halogens is 2. The van der Waals surface area contributed by atoms with Crippen LogP contribution in [0.15, 0.2) is 23.1 Å². The summed E-state index contributed by atoms with van der Waals surface area (Å²) < 4.78 is 2.97. The SMILES string of the molecule is CNSc1cc(Cl)cc(C(C)(C)O)c1.O=CNc1c2c(c(Cl)c3c1CCC3)CCC2. The van der Waals surface area contributed by atoms with Crippen LogP contribution in [0.5, 0.6) is 0 Å². The standard InChI is InChI=1S/C13H14ClNO.C10H14ClNOS/c14-12-8-3-1-5-10(8)13(15-7-16)11-6-2-4-9(11)12;1-10(2,13)7-4-8(11)6-9(5-7)14-12-3/h7H,1-6H2,(H,15,16);4-6,12-13H,1-3H3. The van der Waals surface area contributed by atoms with Crippen LogP contribution in [0, 0.1) is 0 Å². The van der Waals surface area contributed by atoms with E-state index in [9.17, 15) is 9.90 Å². The average Bonchev–Trinajstić information content (AvgIpc) is 3.35. The minimum absolute atomic E-state index is 0.641. The van der Waals surface area contributed by atoms with Crippen LogP contribution in [-0.2, 0) is 36.1 Å². The predicted molar refractivity (Wildman–Crippen MR) is 127 cm³/mol. The lowest BCUT2D eigenvalue weighted by molar-refractivity contribution is -0.105. The van der Waals surface area contributed by atoms with E-state index < -0.39 is 5.60 Å². The fourth-order valence-electron chi connectivity index (χ4n) is 4.21. The minimum atomic E-state index is -0.853. The summed E-state index contributed by atoms with van der Waals surface area (Å²) in [6, 6.07) is 5.56. The smallest absolute Gasteiger partial charge is 0.211 e. The molecule has 0 saturated heterocycles. The second kappa shape index (κ2) is 9.92. The molecule has 0 aliphatic heterocycles. The Labute approximate surface area is 192 Å². The molecule has 0 radical (unpaired) electrons. The summed E-state index contributed by atoms with van der Waals surface area (Å²) >= 11 is 13.9. The van der Waals surface area contributed by atoms with Crippen molar-refractivity contribution in [1.29, 1.82) is 0 Å². The molecule has 30 heavy (non-hydrogen) atoms. The number of carbonyl (C=O) groups excluding carboxylic acids is 1. The molecule has 3 N–H and O–H groups in total. The van der Waals surface area contributed by atoms with Gasteiger partial charge in [0.25, 0.3) is 0 Å². The summed E-state index contributed by atoms with van der Waals surface area (Å²) in [6.45, 7) is 3.49. The summed E-state index contributed by atoms with van der Waals surface area (Å²) in [6.07, 6.45) is 7.35. The first-order valence-corrected chi connectivity index (χ1v) is 11.8. The highest BCUT2D eigenvalue weighted by Crippen LogP contribution is 2.43. The van der Waals surface area contributed by atoms with E-state index in [1.54, 1.807) is 19.9 Å². The third-order valence-electron chi connectivity index (χ3n) is 5.57. The highest BCUT2D eigenvalue weighted by atomic mass is 35.5. The highest BCUT2D eigenvalue weighted by molar-refractivity contribution is 7.97. The second-order valence-electron chi connectivity index (χ2n) is 8.11. The zero-order valence-corrected chi connectivity index (χ0v) is 19.9. The van der Waals surface area contributed by atoms with Crippen molar-refractivity contribution in [1.82, 2.24) is 4.72 Å². The Bertz CT molecular complexity index is 907. The van der Waals surface area contributed by atoms with Crippen molar-refractivity contribution in [2.75, 3.05) is 12.4 Å². The Hall–Kier alpha value is -1.24. The van der Waals surface area contributed by atoms with Crippen LogP contribution in [-0.4, -0.2) is 18.6 Å². The Morgan fingerprint density at radius 1 is 1.00 bits per heavy atom. The lowest BCUT2D eigenvalue weighted by Gasteiger charge is -2.18. The Kier molecular flexibility index (Phi) is 7.75. The monoisotopic (exact) mass is 466 g/mol. The number of fused-ring (bicyclic) bond motifs is 2. The van der Waals surface area contributed by atoms with E-state index in [0.29, 0.717) is 5.02 Å². The number of anilines is 1. The molecule has 7 heteroatoms. The van der Waals surface area contributed by atoms with E-state index in [1.165, 1.54) is 34.2 Å². The normalized spacial score (nSPS) is 14.6. The summed E-state index contributed by atoms with van der Waals surface area (Å²) in [5.74, 6) is 0. The van der Waals surface area contributed by atoms with Crippen molar-refractivity contribution in [3.8, 4) is 0 Å². The van der Waals surface area contributed by atoms with Gasteiger partial charge in [-0.15, -0.1) is 0 Å². The van der Waals surface area contributed by atoms with E-state index in [-0.39, 0.29) is 0 Å². The van der Waals surface area contributed by atoms with Gasteiger partial charge in [0.15, 0.2) is 0 Å². The first kappa shape index (κ1) is 23.4. The Morgan fingerprint density at radius 3 is 2.07 bits per heavy atom. The van der Waals surface area contributed by atoms with Crippen LogP contribution < -0.4 is 10.0 Å². The lowest BCUT2D eigenvalue weighted by atomic mass is 9.98. The third kappa shape index (κ3) is 5.14. The van der Waals surface area contributed by atoms with E-state index >= 15 is 0 Å². The molecule has 0 heterocycles. The van der Waals surface area contributed by atoms with E-state index in [1.807, 2.05) is 19.2 Å². The van der Waals surface area contributed by atoms with Crippen molar-refractivity contribution in [2.45, 2.75) is 62.9 Å². The minimum Gasteiger partial charge on any atom is -0.386 e. The number of benzene rings is 2. The van der Waals surface area contributed by atoms with Gasteiger partial charge >= 0.3 is 0 Å². The molecule has 2 aromatic rings. The fraction of sp³-hybridized carbons (Fsp3) is 0.435. The van der Waals surface area contributed by atoms with E-state index in [4.69, 9.17) is 23.2 Å². The first-order valence-electron chi connectivity index (χ1n) is 10.2. The van der Waals surface area contributed by atoms with Gasteiger partial charge in [0.1, 0.15) is 0 Å². The summed E-state index contributed by atoms with van der Waals surface area (Å²) in [7, 11) is 1.84. The van der Waals surface area contributed by atoms with Gasteiger partial charge in [-0.25, -0.2) is 0 Å². The van der Waals surface area contributed by atoms with Gasteiger partial charge in [-0.05, 0) is 117 Å². The summed E-state index contributed by atoms with van der Waals surface area (Å²) in [5.41, 5.74) is 6.18. The number of amides is 1. The molecule has 162 valence electrons. The molecule has 0 unspecified atom stereocenters. The Morgan fingerprint density at radius 2 is 1.57 bits per heavy atom. The quantitative estimate of drug-likeness (QED) is 0.391. The van der Waals surface area contributed by atoms with Crippen LogP contribution in [0.3, 0.4) is 0 Å². The van der Waals surface area contributed by atoms with Crippen LogP contribution in [0.4, 0.5) is 5.69 Å². The number of carbonyl (C=O) groups is 1. The van der Waals surface area contributed by atoms with Crippen LogP contribution in [0.2, 0.25) is 10.0 Å². The number of hydrogen-bond acceptors (Lipinski definition) is 4. The third-order valence-corrected chi connectivity index (χ3v) is 6.92. The van der Waals surface area contributed by atoms with Gasteiger partial charge in [0.05, 0.1) is 5.60 Å². The van der Waals surface area contributed by atoms with Gasteiger partial charge < -0.3 is 10.4 Å². The predicted octanol–water partition coefficient (Wildman–Crippen LogP) is 5.68. The molecule has 0 bridgehead atoms. The molecule has 0 fully saturated rings. The van der Waals surface area contributed by atoms with Gasteiger partial charge in [0.2, 0.25) is 6.41 Å². The average molecular weight is 467 g/mol. The highest BCUT2D eigenvalue weighted by Gasteiger charge is 2.27. The molecule has 4 rings (SSSR count). The molecule has 2 aliphatic carbocycles. The zero-order chi connectivity index (χ0) is 21.9.